The number of anilines is 1. The average molecular weight is 405 g/mol. The topological polar surface area (TPSA) is 74.7 Å². The van der Waals surface area contributed by atoms with Crippen molar-refractivity contribution >= 4 is 21.4 Å². The number of nitrogens with zero attached hydrogens (tertiary/aromatic N) is 1. The molecule has 0 saturated carbocycles. The van der Waals surface area contributed by atoms with Crippen molar-refractivity contribution in [3.63, 3.8) is 0 Å². The van der Waals surface area contributed by atoms with E-state index in [1.54, 1.807) is 66.7 Å². The fraction of sp³-hybridized carbons (Fsp3) is 0.0870. The van der Waals surface area contributed by atoms with Gasteiger partial charge in [0.2, 0.25) is 9.84 Å². The molecule has 29 heavy (non-hydrogen) atoms. The van der Waals surface area contributed by atoms with E-state index in [1.165, 1.54) is 17.0 Å². The molecular weight excluding hydrogens is 386 g/mol. The van der Waals surface area contributed by atoms with Crippen LogP contribution in [0, 0.1) is 6.92 Å². The molecule has 146 valence electrons. The molecule has 0 aromatic heterocycles. The summed E-state index contributed by atoms with van der Waals surface area (Å²) in [6.45, 7) is 1.86. The van der Waals surface area contributed by atoms with Gasteiger partial charge in [-0.05, 0) is 36.8 Å². The number of rotatable bonds is 4. The van der Waals surface area contributed by atoms with E-state index in [0.29, 0.717) is 11.3 Å². The molecule has 0 radical (unpaired) electrons. The summed E-state index contributed by atoms with van der Waals surface area (Å²) < 4.78 is 26.9. The minimum atomic E-state index is -4.11. The second-order valence-electron chi connectivity index (χ2n) is 6.85. The average Bonchev–Trinajstić information content (AvgIpc) is 3.01. The molecule has 1 aliphatic rings. The maximum Gasteiger partial charge on any atom is 0.295 e. The van der Waals surface area contributed by atoms with Crippen molar-refractivity contribution in [2.24, 2.45) is 0 Å². The number of hydrogen-bond acceptors (Lipinski definition) is 4. The van der Waals surface area contributed by atoms with Crippen LogP contribution in [0.2, 0.25) is 0 Å². The van der Waals surface area contributed by atoms with Crippen molar-refractivity contribution in [3.05, 3.63) is 107 Å². The first-order chi connectivity index (χ1) is 13.9. The highest BCUT2D eigenvalue weighted by Gasteiger charge is 2.47. The maximum absolute atomic E-state index is 13.5. The smallest absolute Gasteiger partial charge is 0.295 e. The quantitative estimate of drug-likeness (QED) is 0.701. The number of benzene rings is 3. The number of para-hydroxylation sites is 1. The molecule has 3 aromatic rings. The predicted octanol–water partition coefficient (Wildman–Crippen LogP) is 4.33. The fourth-order valence-corrected chi connectivity index (χ4v) is 5.12. The first kappa shape index (κ1) is 19.0. The molecular formula is C23H19NO4S. The summed E-state index contributed by atoms with van der Waals surface area (Å²) in [7, 11) is -4.11. The molecule has 3 aromatic carbocycles. The Kier molecular flexibility index (Phi) is 4.72. The van der Waals surface area contributed by atoms with Gasteiger partial charge in [-0.25, -0.2) is 8.42 Å². The second kappa shape index (κ2) is 7.22. The number of sulfone groups is 1. The Bertz CT molecular complexity index is 1180. The van der Waals surface area contributed by atoms with Crippen molar-refractivity contribution < 1.29 is 18.3 Å². The van der Waals surface area contributed by atoms with Gasteiger partial charge in [0.25, 0.3) is 5.91 Å². The molecule has 0 aliphatic carbocycles. The predicted molar refractivity (Wildman–Crippen MR) is 111 cm³/mol. The summed E-state index contributed by atoms with van der Waals surface area (Å²) in [4.78, 5) is 14.0. The second-order valence-corrected chi connectivity index (χ2v) is 8.77. The molecule has 1 atom stereocenters. The molecule has 5 nitrogen and oxygen atoms in total. The Morgan fingerprint density at radius 3 is 1.97 bits per heavy atom. The first-order valence-electron chi connectivity index (χ1n) is 9.09. The highest BCUT2D eigenvalue weighted by Crippen LogP contribution is 2.44. The normalized spacial score (nSPS) is 17.1. The Morgan fingerprint density at radius 2 is 1.38 bits per heavy atom. The van der Waals surface area contributed by atoms with Gasteiger partial charge >= 0.3 is 0 Å². The standard InChI is InChI=1S/C23H19NO4S/c1-16-12-14-19(15-13-16)29(27,28)22-20(17-8-4-2-5-9-17)24(23(26)21(22)25)18-10-6-3-7-11-18/h2-15,20,25H,1H3. The maximum atomic E-state index is 13.5. The molecule has 0 saturated heterocycles. The summed E-state index contributed by atoms with van der Waals surface area (Å²) in [5.41, 5.74) is 2.02. The van der Waals surface area contributed by atoms with E-state index in [4.69, 9.17) is 0 Å². The lowest BCUT2D eigenvalue weighted by atomic mass is 10.1. The number of aryl methyl sites for hydroxylation is 1. The molecule has 1 amide bonds. The SMILES string of the molecule is Cc1ccc(S(=O)(=O)C2=C(O)C(=O)N(c3ccccc3)C2c2ccccc2)cc1. The van der Waals surface area contributed by atoms with Crippen LogP contribution in [-0.2, 0) is 14.6 Å². The highest BCUT2D eigenvalue weighted by molar-refractivity contribution is 7.95. The van der Waals surface area contributed by atoms with Crippen LogP contribution in [0.1, 0.15) is 17.2 Å². The van der Waals surface area contributed by atoms with Gasteiger partial charge in [-0.1, -0.05) is 66.2 Å². The lowest BCUT2D eigenvalue weighted by Gasteiger charge is -2.27. The van der Waals surface area contributed by atoms with Crippen molar-refractivity contribution in [3.8, 4) is 0 Å². The van der Waals surface area contributed by atoms with Crippen molar-refractivity contribution in [2.45, 2.75) is 17.9 Å². The van der Waals surface area contributed by atoms with Gasteiger partial charge in [-0.2, -0.15) is 0 Å². The number of aliphatic hydroxyl groups is 1. The minimum absolute atomic E-state index is 0.0355. The van der Waals surface area contributed by atoms with E-state index in [9.17, 15) is 18.3 Å². The van der Waals surface area contributed by atoms with Crippen LogP contribution in [0.4, 0.5) is 5.69 Å². The number of hydrogen-bond donors (Lipinski definition) is 1. The zero-order valence-electron chi connectivity index (χ0n) is 15.7. The van der Waals surface area contributed by atoms with Gasteiger partial charge in [-0.15, -0.1) is 0 Å². The van der Waals surface area contributed by atoms with E-state index in [2.05, 4.69) is 0 Å². The lowest BCUT2D eigenvalue weighted by molar-refractivity contribution is -0.117. The number of carbonyl (C=O) groups excluding carboxylic acids is 1. The third-order valence-electron chi connectivity index (χ3n) is 4.93. The molecule has 0 fully saturated rings. The van der Waals surface area contributed by atoms with Gasteiger partial charge in [0.15, 0.2) is 5.76 Å². The lowest BCUT2D eigenvalue weighted by Crippen LogP contribution is -2.31. The zero-order valence-corrected chi connectivity index (χ0v) is 16.5. The van der Waals surface area contributed by atoms with Crippen molar-refractivity contribution in [1.82, 2.24) is 0 Å². The van der Waals surface area contributed by atoms with E-state index >= 15 is 0 Å². The summed E-state index contributed by atoms with van der Waals surface area (Å²) in [6, 6.07) is 23.0. The van der Waals surface area contributed by atoms with E-state index < -0.39 is 27.5 Å². The molecule has 1 aliphatic heterocycles. The Hall–Kier alpha value is -3.38. The Balaban J connectivity index is 1.93. The van der Waals surface area contributed by atoms with E-state index in [-0.39, 0.29) is 9.80 Å². The molecule has 1 heterocycles. The molecule has 6 heteroatoms. The summed E-state index contributed by atoms with van der Waals surface area (Å²) in [5, 5.41) is 10.7. The third-order valence-corrected chi connectivity index (χ3v) is 6.82. The molecule has 0 spiro atoms. The largest absolute Gasteiger partial charge is 0.502 e. The van der Waals surface area contributed by atoms with Crippen LogP contribution in [0.5, 0.6) is 0 Å². The van der Waals surface area contributed by atoms with Crippen molar-refractivity contribution in [2.75, 3.05) is 4.90 Å². The van der Waals surface area contributed by atoms with Gasteiger partial charge in [0.05, 0.1) is 4.90 Å². The summed E-state index contributed by atoms with van der Waals surface area (Å²) in [5.74, 6) is -1.49. The van der Waals surface area contributed by atoms with Crippen LogP contribution >= 0.6 is 0 Å². The Labute approximate surface area is 169 Å². The van der Waals surface area contributed by atoms with Gasteiger partial charge < -0.3 is 5.11 Å². The van der Waals surface area contributed by atoms with Crippen LogP contribution in [0.15, 0.2) is 100 Å². The molecule has 1 unspecified atom stereocenters. The summed E-state index contributed by atoms with van der Waals surface area (Å²) in [6.07, 6.45) is 0. The summed E-state index contributed by atoms with van der Waals surface area (Å²) >= 11 is 0. The first-order valence-corrected chi connectivity index (χ1v) is 10.6. The monoisotopic (exact) mass is 405 g/mol. The van der Waals surface area contributed by atoms with Gasteiger partial charge in [-0.3, -0.25) is 9.69 Å². The van der Waals surface area contributed by atoms with Crippen LogP contribution in [-0.4, -0.2) is 19.4 Å². The van der Waals surface area contributed by atoms with Crippen LogP contribution in [0.25, 0.3) is 0 Å². The molecule has 1 N–H and O–H groups in total. The van der Waals surface area contributed by atoms with Gasteiger partial charge in [0.1, 0.15) is 10.9 Å². The zero-order chi connectivity index (χ0) is 20.6. The van der Waals surface area contributed by atoms with E-state index in [1.807, 2.05) is 13.0 Å². The van der Waals surface area contributed by atoms with Crippen molar-refractivity contribution in [1.29, 1.82) is 0 Å². The van der Waals surface area contributed by atoms with E-state index in [0.717, 1.165) is 5.56 Å². The van der Waals surface area contributed by atoms with Gasteiger partial charge in [0, 0.05) is 5.69 Å². The Morgan fingerprint density at radius 1 is 0.828 bits per heavy atom. The highest BCUT2D eigenvalue weighted by atomic mass is 32.2. The number of carbonyl (C=O) groups is 1. The molecule has 0 bridgehead atoms. The minimum Gasteiger partial charge on any atom is -0.502 e. The van der Waals surface area contributed by atoms with Crippen LogP contribution in [0.3, 0.4) is 0 Å². The number of amides is 1. The third kappa shape index (κ3) is 3.21. The fourth-order valence-electron chi connectivity index (χ4n) is 3.49. The van der Waals surface area contributed by atoms with Crippen LogP contribution < -0.4 is 4.90 Å². The number of aliphatic hydroxyl groups excluding tert-OH is 1. The molecule has 4 rings (SSSR count).